The Labute approximate surface area is 107 Å². The second-order valence-electron chi connectivity index (χ2n) is 5.29. The number of pyridine rings is 1. The molecule has 0 spiro atoms. The smallest absolute Gasteiger partial charge is 0.0917 e. The lowest BCUT2D eigenvalue weighted by molar-refractivity contribution is -0.00581. The summed E-state index contributed by atoms with van der Waals surface area (Å²) in [7, 11) is 0. The Morgan fingerprint density at radius 2 is 2.22 bits per heavy atom. The molecule has 3 rings (SSSR count). The van der Waals surface area contributed by atoms with Crippen LogP contribution < -0.4 is 5.73 Å². The SMILES string of the molecule is NC1CCCC(O)(c2cccc3cnccc23)C1. The highest BCUT2D eigenvalue weighted by Gasteiger charge is 2.35. The topological polar surface area (TPSA) is 59.1 Å². The molecule has 1 saturated carbocycles. The number of aliphatic hydroxyl groups is 1. The van der Waals surface area contributed by atoms with Crippen molar-refractivity contribution in [2.75, 3.05) is 0 Å². The van der Waals surface area contributed by atoms with Crippen molar-refractivity contribution in [1.82, 2.24) is 4.98 Å². The lowest BCUT2D eigenvalue weighted by Gasteiger charge is -2.36. The molecule has 1 aliphatic carbocycles. The van der Waals surface area contributed by atoms with Gasteiger partial charge in [-0.25, -0.2) is 0 Å². The quantitative estimate of drug-likeness (QED) is 0.806. The van der Waals surface area contributed by atoms with Gasteiger partial charge in [-0.1, -0.05) is 18.2 Å². The van der Waals surface area contributed by atoms with Crippen molar-refractivity contribution in [1.29, 1.82) is 0 Å². The molecule has 0 bridgehead atoms. The van der Waals surface area contributed by atoms with Crippen LogP contribution in [0.3, 0.4) is 0 Å². The van der Waals surface area contributed by atoms with Crippen LogP contribution in [0.25, 0.3) is 10.8 Å². The molecule has 2 aromatic rings. The summed E-state index contributed by atoms with van der Waals surface area (Å²) in [5.74, 6) is 0. The van der Waals surface area contributed by atoms with E-state index in [1.807, 2.05) is 30.5 Å². The average molecular weight is 242 g/mol. The number of nitrogens with two attached hydrogens (primary N) is 1. The first-order valence-electron chi connectivity index (χ1n) is 6.50. The van der Waals surface area contributed by atoms with Gasteiger partial charge in [0.15, 0.2) is 0 Å². The molecule has 0 amide bonds. The lowest BCUT2D eigenvalue weighted by Crippen LogP contribution is -2.39. The van der Waals surface area contributed by atoms with Gasteiger partial charge < -0.3 is 10.8 Å². The molecule has 2 atom stereocenters. The van der Waals surface area contributed by atoms with Crippen molar-refractivity contribution < 1.29 is 5.11 Å². The van der Waals surface area contributed by atoms with Crippen LogP contribution in [-0.2, 0) is 5.60 Å². The van der Waals surface area contributed by atoms with Crippen molar-refractivity contribution in [2.45, 2.75) is 37.3 Å². The van der Waals surface area contributed by atoms with E-state index in [2.05, 4.69) is 4.98 Å². The highest BCUT2D eigenvalue weighted by molar-refractivity contribution is 5.85. The van der Waals surface area contributed by atoms with Crippen LogP contribution in [0.4, 0.5) is 0 Å². The predicted octanol–water partition coefficient (Wildman–Crippen LogP) is 2.32. The zero-order valence-corrected chi connectivity index (χ0v) is 10.3. The molecule has 1 aliphatic rings. The Morgan fingerprint density at radius 3 is 3.06 bits per heavy atom. The Balaban J connectivity index is 2.13. The molecule has 3 N–H and O–H groups in total. The third kappa shape index (κ3) is 1.89. The molecule has 0 radical (unpaired) electrons. The molecule has 1 fully saturated rings. The summed E-state index contributed by atoms with van der Waals surface area (Å²) in [6.45, 7) is 0. The maximum absolute atomic E-state index is 10.9. The maximum Gasteiger partial charge on any atom is 0.0917 e. The summed E-state index contributed by atoms with van der Waals surface area (Å²) in [6.07, 6.45) is 7.05. The number of benzene rings is 1. The number of fused-ring (bicyclic) bond motifs is 1. The molecular weight excluding hydrogens is 224 g/mol. The van der Waals surface area contributed by atoms with E-state index in [0.717, 1.165) is 35.6 Å². The molecular formula is C15H18N2O. The van der Waals surface area contributed by atoms with Crippen molar-refractivity contribution in [3.63, 3.8) is 0 Å². The molecule has 3 nitrogen and oxygen atoms in total. The van der Waals surface area contributed by atoms with Gasteiger partial charge in [-0.05, 0) is 42.7 Å². The summed E-state index contributed by atoms with van der Waals surface area (Å²) in [5, 5.41) is 13.1. The zero-order valence-electron chi connectivity index (χ0n) is 10.3. The monoisotopic (exact) mass is 242 g/mol. The van der Waals surface area contributed by atoms with E-state index < -0.39 is 5.60 Å². The average Bonchev–Trinajstić information content (AvgIpc) is 2.38. The standard InChI is InChI=1S/C15H18N2O/c16-12-4-2-7-15(18,9-12)14-5-1-3-11-10-17-8-6-13(11)14/h1,3,5-6,8,10,12,18H,2,4,7,9,16H2. The summed E-state index contributed by atoms with van der Waals surface area (Å²) in [5.41, 5.74) is 6.24. The van der Waals surface area contributed by atoms with Crippen molar-refractivity contribution in [3.05, 3.63) is 42.2 Å². The Bertz CT molecular complexity index is 564. The molecule has 1 aromatic heterocycles. The third-order valence-electron chi connectivity index (χ3n) is 3.95. The molecule has 18 heavy (non-hydrogen) atoms. The van der Waals surface area contributed by atoms with Crippen LogP contribution in [0, 0.1) is 0 Å². The van der Waals surface area contributed by atoms with Gasteiger partial charge in [0.05, 0.1) is 5.60 Å². The van der Waals surface area contributed by atoms with Gasteiger partial charge in [-0.3, -0.25) is 4.98 Å². The minimum Gasteiger partial charge on any atom is -0.385 e. The van der Waals surface area contributed by atoms with Gasteiger partial charge in [0.1, 0.15) is 0 Å². The van der Waals surface area contributed by atoms with Crippen LogP contribution in [0.5, 0.6) is 0 Å². The number of rotatable bonds is 1. The third-order valence-corrected chi connectivity index (χ3v) is 3.95. The molecule has 1 aromatic carbocycles. The fourth-order valence-electron chi connectivity index (χ4n) is 3.07. The maximum atomic E-state index is 10.9. The molecule has 0 aliphatic heterocycles. The fraction of sp³-hybridized carbons (Fsp3) is 0.400. The lowest BCUT2D eigenvalue weighted by atomic mass is 9.76. The van der Waals surface area contributed by atoms with E-state index in [0.29, 0.717) is 6.42 Å². The van der Waals surface area contributed by atoms with E-state index in [-0.39, 0.29) is 6.04 Å². The van der Waals surface area contributed by atoms with Gasteiger partial charge in [-0.15, -0.1) is 0 Å². The van der Waals surface area contributed by atoms with E-state index in [9.17, 15) is 5.11 Å². The molecule has 1 heterocycles. The van der Waals surface area contributed by atoms with E-state index in [1.165, 1.54) is 0 Å². The van der Waals surface area contributed by atoms with Crippen LogP contribution in [0.1, 0.15) is 31.2 Å². The van der Waals surface area contributed by atoms with E-state index in [4.69, 9.17) is 5.73 Å². The van der Waals surface area contributed by atoms with Gasteiger partial charge in [0.25, 0.3) is 0 Å². The predicted molar refractivity (Wildman–Crippen MR) is 72.1 cm³/mol. The number of nitrogens with zero attached hydrogens (tertiary/aromatic N) is 1. The van der Waals surface area contributed by atoms with Gasteiger partial charge in [0, 0.05) is 23.8 Å². The minimum atomic E-state index is -0.779. The highest BCUT2D eigenvalue weighted by Crippen LogP contribution is 2.39. The van der Waals surface area contributed by atoms with Crippen LogP contribution in [-0.4, -0.2) is 16.1 Å². The Hall–Kier alpha value is -1.45. The van der Waals surface area contributed by atoms with Crippen LogP contribution in [0.15, 0.2) is 36.7 Å². The number of hydrogen-bond acceptors (Lipinski definition) is 3. The fourth-order valence-corrected chi connectivity index (χ4v) is 3.07. The van der Waals surface area contributed by atoms with Crippen LogP contribution >= 0.6 is 0 Å². The zero-order chi connectivity index (χ0) is 12.6. The summed E-state index contributed by atoms with van der Waals surface area (Å²) in [6, 6.07) is 8.10. The number of hydrogen-bond donors (Lipinski definition) is 2. The van der Waals surface area contributed by atoms with Crippen molar-refractivity contribution in [3.8, 4) is 0 Å². The largest absolute Gasteiger partial charge is 0.385 e. The highest BCUT2D eigenvalue weighted by atomic mass is 16.3. The second-order valence-corrected chi connectivity index (χ2v) is 5.29. The molecule has 0 saturated heterocycles. The summed E-state index contributed by atoms with van der Waals surface area (Å²) in [4.78, 5) is 4.13. The molecule has 2 unspecified atom stereocenters. The van der Waals surface area contributed by atoms with Crippen molar-refractivity contribution >= 4 is 10.8 Å². The molecule has 94 valence electrons. The normalized spacial score (nSPS) is 28.4. The number of aromatic nitrogens is 1. The van der Waals surface area contributed by atoms with Gasteiger partial charge >= 0.3 is 0 Å². The summed E-state index contributed by atoms with van der Waals surface area (Å²) < 4.78 is 0. The van der Waals surface area contributed by atoms with Gasteiger partial charge in [-0.2, -0.15) is 0 Å². The minimum absolute atomic E-state index is 0.0980. The Morgan fingerprint density at radius 1 is 1.33 bits per heavy atom. The van der Waals surface area contributed by atoms with Crippen molar-refractivity contribution in [2.24, 2.45) is 5.73 Å². The van der Waals surface area contributed by atoms with Crippen LogP contribution in [0.2, 0.25) is 0 Å². The Kier molecular flexibility index (Phi) is 2.80. The second kappa shape index (κ2) is 4.34. The van der Waals surface area contributed by atoms with E-state index in [1.54, 1.807) is 6.20 Å². The first-order valence-corrected chi connectivity index (χ1v) is 6.50. The first-order chi connectivity index (χ1) is 8.69. The first kappa shape index (κ1) is 11.6. The molecule has 3 heteroatoms. The summed E-state index contributed by atoms with van der Waals surface area (Å²) >= 11 is 0. The van der Waals surface area contributed by atoms with E-state index >= 15 is 0 Å². The van der Waals surface area contributed by atoms with Gasteiger partial charge in [0.2, 0.25) is 0 Å².